The molecule has 1 saturated carbocycles. The third-order valence-corrected chi connectivity index (χ3v) is 3.40. The average molecular weight is 271 g/mol. The summed E-state index contributed by atoms with van der Waals surface area (Å²) in [5, 5.41) is 24.1. The molecule has 2 atom stereocenters. The van der Waals surface area contributed by atoms with Crippen LogP contribution in [-0.2, 0) is 0 Å². The Kier molecular flexibility index (Phi) is 4.04. The fourth-order valence-electron chi connectivity index (χ4n) is 2.30. The Hall–Kier alpha value is -1.33. The summed E-state index contributed by atoms with van der Waals surface area (Å²) in [5.74, 6) is 0. The minimum Gasteiger partial charge on any atom is -0.393 e. The van der Waals surface area contributed by atoms with Gasteiger partial charge in [0.25, 0.3) is 5.69 Å². The van der Waals surface area contributed by atoms with Gasteiger partial charge in [-0.05, 0) is 37.8 Å². The first-order valence-electron chi connectivity index (χ1n) is 5.95. The summed E-state index contributed by atoms with van der Waals surface area (Å²) < 4.78 is 0. The Bertz CT molecular complexity index is 453. The average Bonchev–Trinajstić information content (AvgIpc) is 2.28. The van der Waals surface area contributed by atoms with Crippen molar-refractivity contribution in [2.75, 3.05) is 5.32 Å². The lowest BCUT2D eigenvalue weighted by molar-refractivity contribution is -0.384. The minimum atomic E-state index is -0.433. The number of hydrogen-bond acceptors (Lipinski definition) is 4. The molecule has 5 nitrogen and oxygen atoms in total. The van der Waals surface area contributed by atoms with Crippen LogP contribution in [0.15, 0.2) is 18.2 Å². The number of benzene rings is 1. The Labute approximate surface area is 110 Å². The van der Waals surface area contributed by atoms with E-state index in [1.165, 1.54) is 12.1 Å². The molecule has 0 saturated heterocycles. The Morgan fingerprint density at radius 3 is 2.89 bits per heavy atom. The molecular weight excluding hydrogens is 256 g/mol. The van der Waals surface area contributed by atoms with E-state index in [9.17, 15) is 15.2 Å². The fourth-order valence-corrected chi connectivity index (χ4v) is 2.47. The van der Waals surface area contributed by atoms with Gasteiger partial charge in [-0.3, -0.25) is 10.1 Å². The summed E-state index contributed by atoms with van der Waals surface area (Å²) in [6, 6.07) is 4.51. The zero-order chi connectivity index (χ0) is 13.1. The highest BCUT2D eigenvalue weighted by Gasteiger charge is 2.23. The number of rotatable bonds is 3. The lowest BCUT2D eigenvalue weighted by Crippen LogP contribution is -2.30. The molecule has 2 unspecified atom stereocenters. The molecule has 0 heterocycles. The molecule has 0 aromatic heterocycles. The van der Waals surface area contributed by atoms with Crippen molar-refractivity contribution in [2.24, 2.45) is 0 Å². The monoisotopic (exact) mass is 270 g/mol. The van der Waals surface area contributed by atoms with Crippen molar-refractivity contribution in [1.29, 1.82) is 0 Å². The molecule has 1 aliphatic carbocycles. The number of anilines is 1. The topological polar surface area (TPSA) is 75.4 Å². The van der Waals surface area contributed by atoms with Crippen LogP contribution in [-0.4, -0.2) is 22.2 Å². The lowest BCUT2D eigenvalue weighted by Gasteiger charge is -2.27. The summed E-state index contributed by atoms with van der Waals surface area (Å²) in [7, 11) is 0. The Morgan fingerprint density at radius 2 is 2.22 bits per heavy atom. The van der Waals surface area contributed by atoms with Crippen molar-refractivity contribution in [3.63, 3.8) is 0 Å². The van der Waals surface area contributed by atoms with Gasteiger partial charge in [-0.15, -0.1) is 0 Å². The molecule has 2 N–H and O–H groups in total. The van der Waals surface area contributed by atoms with Crippen LogP contribution in [0.4, 0.5) is 11.4 Å². The van der Waals surface area contributed by atoms with E-state index in [0.29, 0.717) is 17.1 Å². The van der Waals surface area contributed by atoms with E-state index >= 15 is 0 Å². The molecule has 1 aromatic carbocycles. The van der Waals surface area contributed by atoms with Crippen molar-refractivity contribution in [3.05, 3.63) is 33.3 Å². The number of nitro groups is 1. The molecule has 0 bridgehead atoms. The van der Waals surface area contributed by atoms with Crippen LogP contribution >= 0.6 is 11.6 Å². The van der Waals surface area contributed by atoms with E-state index in [2.05, 4.69) is 5.32 Å². The Balaban J connectivity index is 2.16. The van der Waals surface area contributed by atoms with Gasteiger partial charge in [-0.1, -0.05) is 11.6 Å². The van der Waals surface area contributed by atoms with Gasteiger partial charge in [0.05, 0.1) is 11.0 Å². The summed E-state index contributed by atoms with van der Waals surface area (Å²) >= 11 is 5.86. The molecule has 1 fully saturated rings. The highest BCUT2D eigenvalue weighted by atomic mass is 35.5. The van der Waals surface area contributed by atoms with Crippen LogP contribution in [0.5, 0.6) is 0 Å². The van der Waals surface area contributed by atoms with Crippen LogP contribution in [0.2, 0.25) is 5.02 Å². The Morgan fingerprint density at radius 1 is 1.44 bits per heavy atom. The van der Waals surface area contributed by atoms with Gasteiger partial charge >= 0.3 is 0 Å². The second kappa shape index (κ2) is 5.54. The molecule has 1 aliphatic rings. The number of aliphatic hydroxyl groups excluding tert-OH is 1. The molecule has 0 radical (unpaired) electrons. The quantitative estimate of drug-likeness (QED) is 0.654. The van der Waals surface area contributed by atoms with Crippen LogP contribution in [0.25, 0.3) is 0 Å². The maximum absolute atomic E-state index is 10.9. The van der Waals surface area contributed by atoms with Crippen molar-refractivity contribution >= 4 is 23.0 Å². The minimum absolute atomic E-state index is 0.0134. The van der Waals surface area contributed by atoms with Gasteiger partial charge in [0.15, 0.2) is 0 Å². The van der Waals surface area contributed by atoms with Gasteiger partial charge < -0.3 is 10.4 Å². The molecule has 0 amide bonds. The highest BCUT2D eigenvalue weighted by molar-refractivity contribution is 6.31. The number of aliphatic hydroxyl groups is 1. The highest BCUT2D eigenvalue weighted by Crippen LogP contribution is 2.30. The maximum Gasteiger partial charge on any atom is 0.292 e. The lowest BCUT2D eigenvalue weighted by atomic mass is 9.93. The van der Waals surface area contributed by atoms with Crippen molar-refractivity contribution in [1.82, 2.24) is 0 Å². The molecule has 0 spiro atoms. The van der Waals surface area contributed by atoms with E-state index in [-0.39, 0.29) is 17.8 Å². The van der Waals surface area contributed by atoms with Crippen LogP contribution in [0, 0.1) is 10.1 Å². The first-order valence-corrected chi connectivity index (χ1v) is 6.32. The standard InChI is InChI=1S/C12H15ClN2O3/c13-8-4-5-12(15(17)18)11(6-8)14-9-2-1-3-10(16)7-9/h4-6,9-10,14,16H,1-3,7H2. The first kappa shape index (κ1) is 13.1. The van der Waals surface area contributed by atoms with E-state index in [1.54, 1.807) is 6.07 Å². The van der Waals surface area contributed by atoms with Gasteiger partial charge in [-0.25, -0.2) is 0 Å². The molecular formula is C12H15ClN2O3. The summed E-state index contributed by atoms with van der Waals surface area (Å²) in [5.41, 5.74) is 0.436. The van der Waals surface area contributed by atoms with E-state index in [4.69, 9.17) is 11.6 Å². The van der Waals surface area contributed by atoms with Crippen molar-refractivity contribution in [3.8, 4) is 0 Å². The van der Waals surface area contributed by atoms with Gasteiger partial charge in [0.1, 0.15) is 5.69 Å². The predicted molar refractivity (Wildman–Crippen MR) is 70.0 cm³/mol. The first-order chi connectivity index (χ1) is 8.56. The van der Waals surface area contributed by atoms with E-state index in [0.717, 1.165) is 19.3 Å². The van der Waals surface area contributed by atoms with Gasteiger partial charge in [0, 0.05) is 17.1 Å². The predicted octanol–water partition coefficient (Wildman–Crippen LogP) is 2.96. The second-order valence-electron chi connectivity index (χ2n) is 4.58. The van der Waals surface area contributed by atoms with Crippen LogP contribution < -0.4 is 5.32 Å². The number of nitro benzene ring substituents is 1. The molecule has 18 heavy (non-hydrogen) atoms. The van der Waals surface area contributed by atoms with Gasteiger partial charge in [0.2, 0.25) is 0 Å². The zero-order valence-corrected chi connectivity index (χ0v) is 10.6. The van der Waals surface area contributed by atoms with E-state index in [1.807, 2.05) is 0 Å². The maximum atomic E-state index is 10.9. The summed E-state index contributed by atoms with van der Waals surface area (Å²) in [4.78, 5) is 10.5. The van der Waals surface area contributed by atoms with Crippen LogP contribution in [0.1, 0.15) is 25.7 Å². The summed E-state index contributed by atoms with van der Waals surface area (Å²) in [6.07, 6.45) is 2.92. The fraction of sp³-hybridized carbons (Fsp3) is 0.500. The molecule has 2 rings (SSSR count). The van der Waals surface area contributed by atoms with E-state index < -0.39 is 4.92 Å². The van der Waals surface area contributed by atoms with Crippen LogP contribution in [0.3, 0.4) is 0 Å². The number of halogens is 1. The number of nitrogens with one attached hydrogen (secondary N) is 1. The molecule has 0 aliphatic heterocycles. The third kappa shape index (κ3) is 3.11. The molecule has 6 heteroatoms. The van der Waals surface area contributed by atoms with Crippen molar-refractivity contribution in [2.45, 2.75) is 37.8 Å². The van der Waals surface area contributed by atoms with Crippen molar-refractivity contribution < 1.29 is 10.0 Å². The SMILES string of the molecule is O=[N+]([O-])c1ccc(Cl)cc1NC1CCCC(O)C1. The normalized spacial score (nSPS) is 23.7. The zero-order valence-electron chi connectivity index (χ0n) is 9.80. The smallest absolute Gasteiger partial charge is 0.292 e. The summed E-state index contributed by atoms with van der Waals surface area (Å²) in [6.45, 7) is 0. The molecule has 1 aromatic rings. The number of nitrogens with zero attached hydrogens (tertiary/aromatic N) is 1. The molecule has 98 valence electrons. The number of hydrogen-bond donors (Lipinski definition) is 2. The largest absolute Gasteiger partial charge is 0.393 e. The van der Waals surface area contributed by atoms with Gasteiger partial charge in [-0.2, -0.15) is 0 Å². The third-order valence-electron chi connectivity index (χ3n) is 3.16. The second-order valence-corrected chi connectivity index (χ2v) is 5.02.